The molecule has 0 amide bonds. The molecule has 1 unspecified atom stereocenters. The normalized spacial score (nSPS) is 12.4. The first-order chi connectivity index (χ1) is 8.63. The topological polar surface area (TPSA) is 0 Å². The van der Waals surface area contributed by atoms with Gasteiger partial charge in [-0.1, -0.05) is 66.0 Å². The fourth-order valence-corrected chi connectivity index (χ4v) is 4.48. The summed E-state index contributed by atoms with van der Waals surface area (Å²) in [4.78, 5) is 1.49. The van der Waals surface area contributed by atoms with E-state index in [1.807, 2.05) is 6.07 Å². The van der Waals surface area contributed by atoms with Crippen LogP contribution >= 0.6 is 59.6 Å². The van der Waals surface area contributed by atoms with Gasteiger partial charge >= 0.3 is 0 Å². The molecular formula is C14H11Br3S. The molecule has 0 aliphatic rings. The molecule has 4 heteroatoms. The largest absolute Gasteiger partial charge is 0.129 e. The summed E-state index contributed by atoms with van der Waals surface area (Å²) in [5, 5.41) is 0. The van der Waals surface area contributed by atoms with Crippen molar-refractivity contribution < 1.29 is 0 Å². The van der Waals surface area contributed by atoms with Crippen LogP contribution in [-0.4, -0.2) is 6.26 Å². The molecule has 94 valence electrons. The molecule has 2 aromatic carbocycles. The number of halogens is 3. The molecule has 0 aliphatic heterocycles. The zero-order valence-electron chi connectivity index (χ0n) is 9.66. The Morgan fingerprint density at radius 2 is 1.72 bits per heavy atom. The van der Waals surface area contributed by atoms with E-state index in [9.17, 15) is 0 Å². The van der Waals surface area contributed by atoms with Gasteiger partial charge in [-0.2, -0.15) is 0 Å². The fourth-order valence-electron chi connectivity index (χ4n) is 1.75. The average molecular weight is 451 g/mol. The molecule has 0 aromatic heterocycles. The van der Waals surface area contributed by atoms with Crippen LogP contribution in [0.15, 0.2) is 56.3 Å². The third kappa shape index (κ3) is 3.21. The van der Waals surface area contributed by atoms with Crippen LogP contribution in [0.5, 0.6) is 0 Å². The van der Waals surface area contributed by atoms with Crippen molar-refractivity contribution in [2.75, 3.05) is 6.26 Å². The quantitative estimate of drug-likeness (QED) is 0.384. The predicted molar refractivity (Wildman–Crippen MR) is 90.8 cm³/mol. The van der Waals surface area contributed by atoms with E-state index < -0.39 is 0 Å². The lowest BCUT2D eigenvalue weighted by molar-refractivity contribution is 1.10. The van der Waals surface area contributed by atoms with Crippen LogP contribution in [0.2, 0.25) is 0 Å². The Hall–Kier alpha value is 0.230. The maximum atomic E-state index is 3.81. The summed E-state index contributed by atoms with van der Waals surface area (Å²) in [6.07, 6.45) is 2.11. The Labute approximate surface area is 137 Å². The first-order valence-corrected chi connectivity index (χ1v) is 9.08. The molecule has 2 aromatic rings. The molecule has 0 saturated carbocycles. The molecule has 0 radical (unpaired) electrons. The summed E-state index contributed by atoms with van der Waals surface area (Å²) in [6.45, 7) is 0. The Morgan fingerprint density at radius 3 is 2.44 bits per heavy atom. The fraction of sp³-hybridized carbons (Fsp3) is 0.143. The smallest absolute Gasteiger partial charge is 0.0666 e. The summed E-state index contributed by atoms with van der Waals surface area (Å²) in [5.41, 5.74) is 2.52. The number of rotatable bonds is 3. The number of hydrogen-bond donors (Lipinski definition) is 0. The first-order valence-electron chi connectivity index (χ1n) is 5.35. The van der Waals surface area contributed by atoms with Gasteiger partial charge in [0.25, 0.3) is 0 Å². The van der Waals surface area contributed by atoms with Gasteiger partial charge in [0.05, 0.1) is 4.83 Å². The molecule has 0 aliphatic carbocycles. The molecule has 0 spiro atoms. The van der Waals surface area contributed by atoms with Crippen molar-refractivity contribution in [3.05, 3.63) is 62.5 Å². The van der Waals surface area contributed by atoms with Gasteiger partial charge in [0.15, 0.2) is 0 Å². The minimum absolute atomic E-state index is 0.188. The molecule has 1 atom stereocenters. The van der Waals surface area contributed by atoms with Crippen LogP contribution in [-0.2, 0) is 0 Å². The van der Waals surface area contributed by atoms with Crippen LogP contribution in [0.25, 0.3) is 0 Å². The summed E-state index contributed by atoms with van der Waals surface area (Å²) in [6, 6.07) is 14.7. The third-order valence-electron chi connectivity index (χ3n) is 2.64. The minimum atomic E-state index is 0.188. The van der Waals surface area contributed by atoms with E-state index in [-0.39, 0.29) is 4.83 Å². The van der Waals surface area contributed by atoms with Crippen molar-refractivity contribution >= 4 is 59.6 Å². The second kappa shape index (κ2) is 6.60. The van der Waals surface area contributed by atoms with Gasteiger partial charge in [0.2, 0.25) is 0 Å². The van der Waals surface area contributed by atoms with Crippen molar-refractivity contribution in [1.29, 1.82) is 0 Å². The highest BCUT2D eigenvalue weighted by Gasteiger charge is 2.16. The van der Waals surface area contributed by atoms with Crippen molar-refractivity contribution in [1.82, 2.24) is 0 Å². The standard InChI is InChI=1S/C14H11Br3S/c1-18-13-5-3-2-4-10(13)14(17)11-8-9(15)6-7-12(11)16/h2-8,14H,1H3. The van der Waals surface area contributed by atoms with Gasteiger partial charge in [-0.15, -0.1) is 11.8 Å². The summed E-state index contributed by atoms with van der Waals surface area (Å²) >= 11 is 12.7. The van der Waals surface area contributed by atoms with Crippen molar-refractivity contribution in [3.63, 3.8) is 0 Å². The van der Waals surface area contributed by atoms with Crippen LogP contribution in [0.3, 0.4) is 0 Å². The molecule has 0 saturated heterocycles. The second-order valence-corrected chi connectivity index (χ2v) is 7.30. The lowest BCUT2D eigenvalue weighted by atomic mass is 10.1. The number of alkyl halides is 1. The van der Waals surface area contributed by atoms with Crippen molar-refractivity contribution in [2.24, 2.45) is 0 Å². The first kappa shape index (κ1) is 14.6. The number of benzene rings is 2. The molecular weight excluding hydrogens is 440 g/mol. The van der Waals surface area contributed by atoms with Crippen LogP contribution in [0, 0.1) is 0 Å². The van der Waals surface area contributed by atoms with Gasteiger partial charge in [-0.05, 0) is 41.6 Å². The second-order valence-electron chi connectivity index (χ2n) is 3.77. The van der Waals surface area contributed by atoms with Gasteiger partial charge in [0, 0.05) is 13.8 Å². The summed E-state index contributed by atoms with van der Waals surface area (Å²) in [7, 11) is 0. The Bertz CT molecular complexity index is 554. The maximum absolute atomic E-state index is 3.81. The van der Waals surface area contributed by atoms with Crippen LogP contribution < -0.4 is 0 Å². The van der Waals surface area contributed by atoms with Crippen molar-refractivity contribution in [2.45, 2.75) is 9.72 Å². The highest BCUT2D eigenvalue weighted by molar-refractivity contribution is 9.11. The molecule has 0 bridgehead atoms. The highest BCUT2D eigenvalue weighted by atomic mass is 79.9. The van der Waals surface area contributed by atoms with Gasteiger partial charge in [-0.3, -0.25) is 0 Å². The lowest BCUT2D eigenvalue weighted by Gasteiger charge is -2.16. The van der Waals surface area contributed by atoms with E-state index in [0.717, 1.165) is 8.95 Å². The SMILES string of the molecule is CSc1ccccc1C(Br)c1cc(Br)ccc1Br. The predicted octanol–water partition coefficient (Wildman–Crippen LogP) is 6.42. The van der Waals surface area contributed by atoms with E-state index in [1.54, 1.807) is 11.8 Å². The molecule has 18 heavy (non-hydrogen) atoms. The van der Waals surface area contributed by atoms with E-state index in [0.29, 0.717) is 0 Å². The van der Waals surface area contributed by atoms with E-state index >= 15 is 0 Å². The minimum Gasteiger partial charge on any atom is -0.129 e. The van der Waals surface area contributed by atoms with Crippen LogP contribution in [0.1, 0.15) is 16.0 Å². The van der Waals surface area contributed by atoms with E-state index in [2.05, 4.69) is 90.4 Å². The maximum Gasteiger partial charge on any atom is 0.0666 e. The lowest BCUT2D eigenvalue weighted by Crippen LogP contribution is -1.96. The zero-order valence-corrected chi connectivity index (χ0v) is 15.2. The summed E-state index contributed by atoms with van der Waals surface area (Å²) in [5.74, 6) is 0. The van der Waals surface area contributed by atoms with Gasteiger partial charge in [0.1, 0.15) is 0 Å². The molecule has 0 nitrogen and oxygen atoms in total. The van der Waals surface area contributed by atoms with E-state index in [4.69, 9.17) is 0 Å². The highest BCUT2D eigenvalue weighted by Crippen LogP contribution is 2.40. The van der Waals surface area contributed by atoms with Gasteiger partial charge in [-0.25, -0.2) is 0 Å². The summed E-state index contributed by atoms with van der Waals surface area (Å²) < 4.78 is 2.20. The van der Waals surface area contributed by atoms with E-state index in [1.165, 1.54) is 16.0 Å². The molecule has 0 heterocycles. The monoisotopic (exact) mass is 448 g/mol. The Morgan fingerprint density at radius 1 is 1.00 bits per heavy atom. The molecule has 0 N–H and O–H groups in total. The van der Waals surface area contributed by atoms with Crippen molar-refractivity contribution in [3.8, 4) is 0 Å². The zero-order chi connectivity index (χ0) is 13.1. The van der Waals surface area contributed by atoms with Crippen LogP contribution in [0.4, 0.5) is 0 Å². The Kier molecular flexibility index (Phi) is 5.36. The number of hydrogen-bond acceptors (Lipinski definition) is 1. The molecule has 0 fully saturated rings. The Balaban J connectivity index is 2.47. The average Bonchev–Trinajstić information content (AvgIpc) is 2.40. The number of thioether (sulfide) groups is 1. The van der Waals surface area contributed by atoms with Gasteiger partial charge < -0.3 is 0 Å². The molecule has 2 rings (SSSR count). The third-order valence-corrected chi connectivity index (χ3v) is 5.66.